The average Bonchev–Trinajstić information content (AvgIpc) is 2.41. The van der Waals surface area contributed by atoms with Gasteiger partial charge in [-0.1, -0.05) is 41.4 Å². The molecule has 116 valence electrons. The number of nitro groups is 1. The third-order valence-corrected chi connectivity index (χ3v) is 4.49. The fourth-order valence-corrected chi connectivity index (χ4v) is 3.34. The molecule has 10 heteroatoms. The number of rotatable bonds is 4. The van der Waals surface area contributed by atoms with E-state index in [1.807, 2.05) is 0 Å². The first-order chi connectivity index (χ1) is 10.2. The lowest BCUT2D eigenvalue weighted by molar-refractivity contribution is -0.384. The molecule has 0 spiro atoms. The Hall–Kier alpha value is -1.54. The van der Waals surface area contributed by atoms with Gasteiger partial charge in [0.25, 0.3) is 9.05 Å². The Balaban J connectivity index is 2.73. The van der Waals surface area contributed by atoms with Crippen molar-refractivity contribution in [3.8, 4) is 11.5 Å². The Bertz CT molecular complexity index is 840. The molecule has 6 nitrogen and oxygen atoms in total. The highest BCUT2D eigenvalue weighted by molar-refractivity contribution is 8.13. The molecule has 0 amide bonds. The number of halogens is 3. The number of hydrogen-bond acceptors (Lipinski definition) is 5. The molecule has 0 atom stereocenters. The molecule has 0 heterocycles. The molecule has 0 radical (unpaired) electrons. The first-order valence-electron chi connectivity index (χ1n) is 5.55. The van der Waals surface area contributed by atoms with E-state index in [2.05, 4.69) is 0 Å². The molecule has 0 saturated heterocycles. The zero-order valence-corrected chi connectivity index (χ0v) is 13.6. The highest BCUT2D eigenvalue weighted by atomic mass is 35.7. The predicted octanol–water partition coefficient (Wildman–Crippen LogP) is 4.62. The van der Waals surface area contributed by atoms with Gasteiger partial charge in [-0.15, -0.1) is 0 Å². The van der Waals surface area contributed by atoms with E-state index in [1.165, 1.54) is 12.1 Å². The third kappa shape index (κ3) is 3.44. The van der Waals surface area contributed by atoms with Crippen LogP contribution in [-0.2, 0) is 9.05 Å². The molecule has 0 N–H and O–H groups in total. The highest BCUT2D eigenvalue weighted by Gasteiger charge is 2.30. The summed E-state index contributed by atoms with van der Waals surface area (Å²) < 4.78 is 28.6. The molecule has 0 aliphatic heterocycles. The van der Waals surface area contributed by atoms with Crippen molar-refractivity contribution in [2.75, 3.05) is 0 Å². The second-order valence-corrected chi connectivity index (χ2v) is 7.28. The van der Waals surface area contributed by atoms with Crippen molar-refractivity contribution in [1.82, 2.24) is 0 Å². The van der Waals surface area contributed by atoms with Gasteiger partial charge in [0.2, 0.25) is 0 Å². The zero-order chi connectivity index (χ0) is 16.5. The molecule has 2 rings (SSSR count). The summed E-state index contributed by atoms with van der Waals surface area (Å²) in [4.78, 5) is 9.61. The monoisotopic (exact) mass is 381 g/mol. The van der Waals surface area contributed by atoms with Gasteiger partial charge in [-0.25, -0.2) is 8.42 Å². The molecular weight excluding hydrogens is 377 g/mol. The van der Waals surface area contributed by atoms with Crippen molar-refractivity contribution in [3.63, 3.8) is 0 Å². The standard InChI is InChI=1S/C12H6Cl3NO5S/c13-8-6-9(22(15,19)20)12(10(14)11(8)16(17)18)21-7-4-2-1-3-5-7/h1-6H. The van der Waals surface area contributed by atoms with E-state index in [1.54, 1.807) is 18.2 Å². The van der Waals surface area contributed by atoms with Crippen LogP contribution in [0.25, 0.3) is 0 Å². The van der Waals surface area contributed by atoms with Gasteiger partial charge in [0.05, 0.1) is 4.92 Å². The van der Waals surface area contributed by atoms with Gasteiger partial charge in [0, 0.05) is 10.7 Å². The minimum atomic E-state index is -4.29. The van der Waals surface area contributed by atoms with E-state index in [0.29, 0.717) is 0 Å². The third-order valence-electron chi connectivity index (χ3n) is 2.52. The largest absolute Gasteiger partial charge is 0.454 e. The number of nitrogens with zero attached hydrogens (tertiary/aromatic N) is 1. The summed E-state index contributed by atoms with van der Waals surface area (Å²) in [6.07, 6.45) is 0. The SMILES string of the molecule is O=[N+]([O-])c1c(Cl)cc(S(=O)(=O)Cl)c(Oc2ccccc2)c1Cl. The van der Waals surface area contributed by atoms with E-state index in [4.69, 9.17) is 38.6 Å². The van der Waals surface area contributed by atoms with Gasteiger partial charge in [-0.05, 0) is 18.2 Å². The summed E-state index contributed by atoms with van der Waals surface area (Å²) in [5.74, 6) is -0.235. The molecule has 0 aromatic heterocycles. The van der Waals surface area contributed by atoms with Crippen LogP contribution < -0.4 is 4.74 Å². The number of ether oxygens (including phenoxy) is 1. The van der Waals surface area contributed by atoms with Gasteiger partial charge >= 0.3 is 5.69 Å². The Labute approximate surface area is 139 Å². The Morgan fingerprint density at radius 2 is 1.73 bits per heavy atom. The van der Waals surface area contributed by atoms with E-state index >= 15 is 0 Å². The van der Waals surface area contributed by atoms with Crippen molar-refractivity contribution in [3.05, 3.63) is 56.6 Å². The molecular formula is C12H6Cl3NO5S. The maximum absolute atomic E-state index is 11.6. The Kier molecular flexibility index (Phi) is 4.81. The molecule has 0 saturated carbocycles. The van der Waals surface area contributed by atoms with Crippen molar-refractivity contribution in [2.24, 2.45) is 0 Å². The van der Waals surface area contributed by atoms with Crippen LogP contribution in [0.3, 0.4) is 0 Å². The van der Waals surface area contributed by atoms with Crippen molar-refractivity contribution in [2.45, 2.75) is 4.90 Å². The molecule has 2 aromatic rings. The second-order valence-electron chi connectivity index (χ2n) is 3.96. The van der Waals surface area contributed by atoms with Gasteiger partial charge in [-0.3, -0.25) is 10.1 Å². The van der Waals surface area contributed by atoms with Crippen LogP contribution in [0.15, 0.2) is 41.3 Å². The zero-order valence-electron chi connectivity index (χ0n) is 10.5. The normalized spacial score (nSPS) is 11.2. The van der Waals surface area contributed by atoms with Crippen LogP contribution in [0.1, 0.15) is 0 Å². The van der Waals surface area contributed by atoms with E-state index in [9.17, 15) is 18.5 Å². The molecule has 0 unspecified atom stereocenters. The number of hydrogen-bond donors (Lipinski definition) is 0. The minimum Gasteiger partial charge on any atom is -0.454 e. The van der Waals surface area contributed by atoms with Gasteiger partial charge in [0.15, 0.2) is 10.8 Å². The lowest BCUT2D eigenvalue weighted by atomic mass is 10.3. The quantitative estimate of drug-likeness (QED) is 0.437. The first-order valence-corrected chi connectivity index (χ1v) is 8.62. The van der Waals surface area contributed by atoms with Gasteiger partial charge in [0.1, 0.15) is 15.7 Å². The number of benzene rings is 2. The first kappa shape index (κ1) is 16.8. The van der Waals surface area contributed by atoms with Crippen LogP contribution in [0.2, 0.25) is 10.0 Å². The predicted molar refractivity (Wildman–Crippen MR) is 82.7 cm³/mol. The number of para-hydroxylation sites is 1. The van der Waals surface area contributed by atoms with E-state index in [-0.39, 0.29) is 5.75 Å². The van der Waals surface area contributed by atoms with Crippen LogP contribution in [-0.4, -0.2) is 13.3 Å². The molecule has 0 aliphatic carbocycles. The maximum Gasteiger partial charge on any atom is 0.310 e. The highest BCUT2D eigenvalue weighted by Crippen LogP contribution is 2.46. The van der Waals surface area contributed by atoms with Crippen molar-refractivity contribution >= 4 is 48.6 Å². The lowest BCUT2D eigenvalue weighted by Crippen LogP contribution is -2.00. The van der Waals surface area contributed by atoms with Crippen LogP contribution >= 0.6 is 33.9 Å². The summed E-state index contributed by atoms with van der Waals surface area (Å²) in [6.45, 7) is 0. The van der Waals surface area contributed by atoms with Crippen LogP contribution in [0, 0.1) is 10.1 Å². The molecule has 22 heavy (non-hydrogen) atoms. The summed E-state index contributed by atoms with van der Waals surface area (Å²) in [5.41, 5.74) is -0.668. The summed E-state index contributed by atoms with van der Waals surface area (Å²) in [6, 6.07) is 8.82. The molecule has 0 fully saturated rings. The molecule has 0 aliphatic rings. The second kappa shape index (κ2) is 6.29. The topological polar surface area (TPSA) is 86.5 Å². The van der Waals surface area contributed by atoms with Crippen LogP contribution in [0.4, 0.5) is 5.69 Å². The average molecular weight is 383 g/mol. The number of nitro benzene ring substituents is 1. The minimum absolute atomic E-state index is 0.225. The fraction of sp³-hybridized carbons (Fsp3) is 0. The van der Waals surface area contributed by atoms with E-state index < -0.39 is 40.4 Å². The van der Waals surface area contributed by atoms with E-state index in [0.717, 1.165) is 6.07 Å². The van der Waals surface area contributed by atoms with Crippen LogP contribution in [0.5, 0.6) is 11.5 Å². The lowest BCUT2D eigenvalue weighted by Gasteiger charge is -2.12. The van der Waals surface area contributed by atoms with Gasteiger partial charge in [-0.2, -0.15) is 0 Å². The molecule has 0 bridgehead atoms. The van der Waals surface area contributed by atoms with Gasteiger partial charge < -0.3 is 4.74 Å². The van der Waals surface area contributed by atoms with Crippen molar-refractivity contribution < 1.29 is 18.1 Å². The van der Waals surface area contributed by atoms with Crippen molar-refractivity contribution in [1.29, 1.82) is 0 Å². The summed E-state index contributed by atoms with van der Waals surface area (Å²) >= 11 is 11.6. The molecule has 2 aromatic carbocycles. The summed E-state index contributed by atoms with van der Waals surface area (Å²) in [7, 11) is 1.03. The Morgan fingerprint density at radius 1 is 1.14 bits per heavy atom. The Morgan fingerprint density at radius 3 is 2.23 bits per heavy atom. The summed E-state index contributed by atoms with van der Waals surface area (Å²) in [5, 5.41) is 9.99. The fourth-order valence-electron chi connectivity index (χ4n) is 1.62. The maximum atomic E-state index is 11.6. The smallest absolute Gasteiger partial charge is 0.310 e.